The first-order chi connectivity index (χ1) is 24.2. The van der Waals surface area contributed by atoms with Crippen LogP contribution in [0.1, 0.15) is 0 Å². The van der Waals surface area contributed by atoms with Crippen LogP contribution in [0.5, 0.6) is 0 Å². The number of nitrogens with zero attached hydrogens (tertiary/aromatic N) is 4. The van der Waals surface area contributed by atoms with Gasteiger partial charge in [-0.1, -0.05) is 121 Å². The van der Waals surface area contributed by atoms with Crippen molar-refractivity contribution in [1.82, 2.24) is 19.5 Å². The molecule has 0 spiro atoms. The van der Waals surface area contributed by atoms with Crippen molar-refractivity contribution in [3.8, 4) is 39.9 Å². The third-order valence-corrected chi connectivity index (χ3v) is 9.62. The van der Waals surface area contributed by atoms with Gasteiger partial charge in [0.05, 0.1) is 16.1 Å². The maximum absolute atomic E-state index is 6.94. The molecule has 3 aromatic heterocycles. The number of hydrogen-bond acceptors (Lipinski definition) is 4. The highest BCUT2D eigenvalue weighted by Gasteiger charge is 2.20. The Labute approximate surface area is 285 Å². The maximum Gasteiger partial charge on any atom is 0.164 e. The van der Waals surface area contributed by atoms with Gasteiger partial charge in [0.15, 0.2) is 17.5 Å². The predicted molar refractivity (Wildman–Crippen MR) is 200 cm³/mol. The number of halogens is 1. The van der Waals surface area contributed by atoms with Crippen molar-refractivity contribution in [2.24, 2.45) is 0 Å². The van der Waals surface area contributed by atoms with E-state index >= 15 is 0 Å². The van der Waals surface area contributed by atoms with Crippen LogP contribution in [0.2, 0.25) is 5.02 Å². The van der Waals surface area contributed by atoms with Gasteiger partial charge in [0.25, 0.3) is 0 Å². The minimum absolute atomic E-state index is 0.572. The Morgan fingerprint density at radius 2 is 1.12 bits per heavy atom. The molecule has 6 heteroatoms. The molecule has 0 aliphatic rings. The van der Waals surface area contributed by atoms with E-state index in [-0.39, 0.29) is 0 Å². The van der Waals surface area contributed by atoms with Gasteiger partial charge in [-0.05, 0) is 41.8 Å². The number of benzene rings is 7. The molecule has 0 aliphatic heterocycles. The van der Waals surface area contributed by atoms with Gasteiger partial charge in [-0.25, -0.2) is 15.0 Å². The van der Waals surface area contributed by atoms with E-state index in [0.717, 1.165) is 76.9 Å². The second-order valence-corrected chi connectivity index (χ2v) is 12.6. The first-order valence-electron chi connectivity index (χ1n) is 16.1. The zero-order valence-corrected chi connectivity index (χ0v) is 26.8. The van der Waals surface area contributed by atoms with Crippen molar-refractivity contribution in [2.45, 2.75) is 0 Å². The number of rotatable bonds is 4. The molecule has 10 rings (SSSR count). The standard InChI is InChI=1S/C43H25ClN4O/c44-34-25-38-40(31-17-8-10-21-37(31)49-38)29-23-22-27(24-33(29)34)42-45-41(26-12-3-1-4-13-26)46-43(47-42)32-18-11-20-36-39(32)30-16-7-9-19-35(30)48(36)28-14-5-2-6-15-28/h1-25H. The highest BCUT2D eigenvalue weighted by Crippen LogP contribution is 2.41. The van der Waals surface area contributed by atoms with Crippen molar-refractivity contribution < 1.29 is 4.42 Å². The van der Waals surface area contributed by atoms with Gasteiger partial charge in [0.2, 0.25) is 0 Å². The van der Waals surface area contributed by atoms with Gasteiger partial charge >= 0.3 is 0 Å². The average molecular weight is 649 g/mol. The second kappa shape index (κ2) is 10.9. The summed E-state index contributed by atoms with van der Waals surface area (Å²) in [5.41, 5.74) is 7.61. The number of aromatic nitrogens is 4. The summed E-state index contributed by atoms with van der Waals surface area (Å²) in [6, 6.07) is 51.6. The lowest BCUT2D eigenvalue weighted by Gasteiger charge is -2.11. The fourth-order valence-corrected chi connectivity index (χ4v) is 7.39. The Bertz CT molecular complexity index is 2890. The van der Waals surface area contributed by atoms with Crippen molar-refractivity contribution in [3.63, 3.8) is 0 Å². The van der Waals surface area contributed by atoms with Crippen molar-refractivity contribution in [2.75, 3.05) is 0 Å². The number of fused-ring (bicyclic) bond motifs is 8. The number of hydrogen-bond donors (Lipinski definition) is 0. The molecule has 3 heterocycles. The fraction of sp³-hybridized carbons (Fsp3) is 0. The molecule has 5 nitrogen and oxygen atoms in total. The third kappa shape index (κ3) is 4.37. The van der Waals surface area contributed by atoms with Crippen LogP contribution in [-0.4, -0.2) is 19.5 Å². The molecule has 0 saturated carbocycles. The summed E-state index contributed by atoms with van der Waals surface area (Å²) < 4.78 is 8.47. The molecule has 10 aromatic rings. The van der Waals surface area contributed by atoms with Crippen molar-refractivity contribution in [1.29, 1.82) is 0 Å². The van der Waals surface area contributed by atoms with E-state index in [1.54, 1.807) is 0 Å². The molecule has 0 aliphatic carbocycles. The van der Waals surface area contributed by atoms with Gasteiger partial charge in [-0.3, -0.25) is 0 Å². The van der Waals surface area contributed by atoms with Crippen LogP contribution in [0.25, 0.3) is 94.4 Å². The molecule has 0 N–H and O–H groups in total. The Morgan fingerprint density at radius 3 is 1.96 bits per heavy atom. The summed E-state index contributed by atoms with van der Waals surface area (Å²) in [6.45, 7) is 0. The molecule has 0 saturated heterocycles. The van der Waals surface area contributed by atoms with Crippen LogP contribution >= 0.6 is 11.6 Å². The molecular weight excluding hydrogens is 624 g/mol. The van der Waals surface area contributed by atoms with Crippen LogP contribution in [0, 0.1) is 0 Å². The summed E-state index contributed by atoms with van der Waals surface area (Å²) in [5, 5.41) is 6.87. The smallest absolute Gasteiger partial charge is 0.164 e. The molecule has 0 bridgehead atoms. The van der Waals surface area contributed by atoms with E-state index in [4.69, 9.17) is 31.0 Å². The predicted octanol–water partition coefficient (Wildman–Crippen LogP) is 11.7. The summed E-state index contributed by atoms with van der Waals surface area (Å²) in [6.07, 6.45) is 0. The Balaban J connectivity index is 1.23. The molecule has 0 unspecified atom stereocenters. The zero-order valence-electron chi connectivity index (χ0n) is 26.0. The van der Waals surface area contributed by atoms with Gasteiger partial charge in [-0.2, -0.15) is 0 Å². The third-order valence-electron chi connectivity index (χ3n) is 9.31. The normalized spacial score (nSPS) is 11.8. The first-order valence-corrected chi connectivity index (χ1v) is 16.5. The Kier molecular flexibility index (Phi) is 6.16. The molecule has 7 aromatic carbocycles. The second-order valence-electron chi connectivity index (χ2n) is 12.2. The van der Waals surface area contributed by atoms with Gasteiger partial charge in [0, 0.05) is 55.4 Å². The average Bonchev–Trinajstić information content (AvgIpc) is 3.71. The lowest BCUT2D eigenvalue weighted by atomic mass is 10.0. The molecule has 0 amide bonds. The Morgan fingerprint density at radius 1 is 0.449 bits per heavy atom. The first kappa shape index (κ1) is 27.8. The zero-order chi connectivity index (χ0) is 32.5. The van der Waals surface area contributed by atoms with E-state index in [1.807, 2.05) is 60.7 Å². The van der Waals surface area contributed by atoms with Crippen molar-refractivity contribution in [3.05, 3.63) is 157 Å². The number of para-hydroxylation sites is 3. The van der Waals surface area contributed by atoms with E-state index < -0.39 is 0 Å². The van der Waals surface area contributed by atoms with E-state index in [0.29, 0.717) is 22.5 Å². The van der Waals surface area contributed by atoms with Crippen LogP contribution in [0.3, 0.4) is 0 Å². The lowest BCUT2D eigenvalue weighted by molar-refractivity contribution is 0.669. The quantitative estimate of drug-likeness (QED) is 0.190. The fourth-order valence-electron chi connectivity index (χ4n) is 7.14. The van der Waals surface area contributed by atoms with E-state index in [1.165, 1.54) is 0 Å². The largest absolute Gasteiger partial charge is 0.456 e. The van der Waals surface area contributed by atoms with Gasteiger partial charge in [-0.15, -0.1) is 0 Å². The summed E-state index contributed by atoms with van der Waals surface area (Å²) in [5.74, 6) is 1.78. The highest BCUT2D eigenvalue weighted by molar-refractivity contribution is 6.38. The SMILES string of the molecule is Clc1cc2oc3ccccc3c2c2ccc(-c3nc(-c4ccccc4)nc(-c4cccc5c4c4ccccc4n5-c4ccccc4)n3)cc12. The minimum atomic E-state index is 0.572. The minimum Gasteiger partial charge on any atom is -0.456 e. The monoisotopic (exact) mass is 648 g/mol. The number of furan rings is 1. The molecule has 0 atom stereocenters. The van der Waals surface area contributed by atoms with Crippen LogP contribution < -0.4 is 0 Å². The van der Waals surface area contributed by atoms with Gasteiger partial charge < -0.3 is 8.98 Å². The highest BCUT2D eigenvalue weighted by atomic mass is 35.5. The molecule has 0 radical (unpaired) electrons. The van der Waals surface area contributed by atoms with Crippen molar-refractivity contribution >= 4 is 66.1 Å². The van der Waals surface area contributed by atoms with E-state index in [2.05, 4.69) is 95.6 Å². The van der Waals surface area contributed by atoms with Crippen LogP contribution in [-0.2, 0) is 0 Å². The summed E-state index contributed by atoms with van der Waals surface area (Å²) in [7, 11) is 0. The van der Waals surface area contributed by atoms with Crippen LogP contribution in [0.4, 0.5) is 0 Å². The maximum atomic E-state index is 6.94. The molecular formula is C43H25ClN4O. The van der Waals surface area contributed by atoms with Gasteiger partial charge in [0.1, 0.15) is 11.2 Å². The van der Waals surface area contributed by atoms with E-state index in [9.17, 15) is 0 Å². The summed E-state index contributed by atoms with van der Waals surface area (Å²) in [4.78, 5) is 15.3. The summed E-state index contributed by atoms with van der Waals surface area (Å²) >= 11 is 6.94. The molecule has 230 valence electrons. The van der Waals surface area contributed by atoms with Crippen LogP contribution in [0.15, 0.2) is 156 Å². The lowest BCUT2D eigenvalue weighted by Crippen LogP contribution is -2.00. The molecule has 0 fully saturated rings. The molecule has 49 heavy (non-hydrogen) atoms. The topological polar surface area (TPSA) is 56.7 Å². The Hall–Kier alpha value is -6.30.